The summed E-state index contributed by atoms with van der Waals surface area (Å²) in [6.07, 6.45) is 3.14. The number of rotatable bonds is 10. The van der Waals surface area contributed by atoms with E-state index in [9.17, 15) is 9.59 Å². The molecule has 1 aromatic carbocycles. The van der Waals surface area contributed by atoms with Crippen LogP contribution in [0.25, 0.3) is 0 Å². The molecule has 1 fully saturated rings. The van der Waals surface area contributed by atoms with Crippen molar-refractivity contribution in [3.8, 4) is 0 Å². The van der Waals surface area contributed by atoms with Crippen LogP contribution in [0.15, 0.2) is 22.7 Å². The van der Waals surface area contributed by atoms with Crippen molar-refractivity contribution in [1.29, 1.82) is 0 Å². The standard InChI is InChI=1S/C23H36BBrClN3O5/c1-17(2)14-21(24-33-12-4-9-29(8-3-11-30)10-5-13-34-24)28-22(31)16-27-23(32)19-15-18(26)6-7-20(19)25/h6-7,15,17,21,30H,3-5,8-14,16H2,1-2H3,(H,27,32)(H,28,31)/t21-/m0/s1. The number of carbonyl (C=O) groups excluding carboxylic acids is 2. The molecule has 0 unspecified atom stereocenters. The second-order valence-electron chi connectivity index (χ2n) is 8.85. The molecule has 0 bridgehead atoms. The molecule has 0 aromatic heterocycles. The topological polar surface area (TPSA) is 100 Å². The zero-order valence-corrected chi connectivity index (χ0v) is 22.4. The first-order valence-corrected chi connectivity index (χ1v) is 13.1. The summed E-state index contributed by atoms with van der Waals surface area (Å²) in [5.41, 5.74) is 0.367. The van der Waals surface area contributed by atoms with Crippen LogP contribution in [0.2, 0.25) is 5.02 Å². The first-order valence-electron chi connectivity index (χ1n) is 11.9. The largest absolute Gasteiger partial charge is 0.480 e. The van der Waals surface area contributed by atoms with Gasteiger partial charge in [0.25, 0.3) is 5.91 Å². The van der Waals surface area contributed by atoms with E-state index >= 15 is 0 Å². The Labute approximate surface area is 216 Å². The maximum Gasteiger partial charge on any atom is 0.480 e. The van der Waals surface area contributed by atoms with Crippen LogP contribution < -0.4 is 10.6 Å². The van der Waals surface area contributed by atoms with Crippen molar-refractivity contribution in [2.75, 3.05) is 46.0 Å². The predicted molar refractivity (Wildman–Crippen MR) is 138 cm³/mol. The van der Waals surface area contributed by atoms with Gasteiger partial charge >= 0.3 is 7.12 Å². The van der Waals surface area contributed by atoms with Crippen LogP contribution in [-0.4, -0.2) is 80.9 Å². The van der Waals surface area contributed by atoms with Gasteiger partial charge in [0.15, 0.2) is 0 Å². The summed E-state index contributed by atoms with van der Waals surface area (Å²) in [7, 11) is -0.548. The smallest absolute Gasteiger partial charge is 0.410 e. The van der Waals surface area contributed by atoms with Crippen LogP contribution in [0, 0.1) is 5.92 Å². The zero-order chi connectivity index (χ0) is 24.9. The summed E-state index contributed by atoms with van der Waals surface area (Å²) in [6.45, 7) is 7.89. The van der Waals surface area contributed by atoms with Gasteiger partial charge in [0, 0.05) is 49.0 Å². The Hall–Kier alpha value is -1.17. The predicted octanol–water partition coefficient (Wildman–Crippen LogP) is 2.90. The number of benzene rings is 1. The highest BCUT2D eigenvalue weighted by Gasteiger charge is 2.33. The monoisotopic (exact) mass is 559 g/mol. The van der Waals surface area contributed by atoms with Crippen molar-refractivity contribution in [2.45, 2.75) is 45.5 Å². The maximum atomic E-state index is 12.7. The van der Waals surface area contributed by atoms with Gasteiger partial charge in [0.1, 0.15) is 0 Å². The molecule has 2 amide bonds. The molecule has 3 N–H and O–H groups in total. The lowest BCUT2D eigenvalue weighted by molar-refractivity contribution is -0.120. The van der Waals surface area contributed by atoms with Gasteiger partial charge in [-0.05, 0) is 65.7 Å². The van der Waals surface area contributed by atoms with E-state index in [1.54, 1.807) is 18.2 Å². The Bertz CT molecular complexity index is 777. The summed E-state index contributed by atoms with van der Waals surface area (Å²) >= 11 is 9.32. The molecule has 0 saturated carbocycles. The number of hydrogen-bond donors (Lipinski definition) is 3. The molecular formula is C23H36BBrClN3O5. The molecule has 0 aliphatic carbocycles. The van der Waals surface area contributed by atoms with Crippen LogP contribution in [0.4, 0.5) is 0 Å². The molecule has 1 aliphatic rings. The minimum Gasteiger partial charge on any atom is -0.410 e. The zero-order valence-electron chi connectivity index (χ0n) is 20.0. The molecule has 1 atom stereocenters. The first-order chi connectivity index (χ1) is 16.3. The fraction of sp³-hybridized carbons (Fsp3) is 0.652. The number of carbonyl (C=O) groups is 2. The van der Waals surface area contributed by atoms with E-state index in [4.69, 9.17) is 26.0 Å². The molecule has 190 valence electrons. The van der Waals surface area contributed by atoms with Crippen LogP contribution in [0.5, 0.6) is 0 Å². The molecule has 0 spiro atoms. The van der Waals surface area contributed by atoms with Gasteiger partial charge in [-0.25, -0.2) is 0 Å². The van der Waals surface area contributed by atoms with Crippen molar-refractivity contribution >= 4 is 46.5 Å². The second kappa shape index (κ2) is 15.8. The van der Waals surface area contributed by atoms with Crippen LogP contribution >= 0.6 is 27.5 Å². The van der Waals surface area contributed by atoms with Gasteiger partial charge in [-0.15, -0.1) is 0 Å². The average Bonchev–Trinajstić information content (AvgIpc) is 2.80. The number of aliphatic hydroxyl groups is 1. The summed E-state index contributed by atoms with van der Waals surface area (Å²) in [6, 6.07) is 4.92. The van der Waals surface area contributed by atoms with Crippen molar-refractivity contribution in [3.63, 3.8) is 0 Å². The van der Waals surface area contributed by atoms with E-state index in [-0.39, 0.29) is 30.9 Å². The molecule has 34 heavy (non-hydrogen) atoms. The lowest BCUT2D eigenvalue weighted by Crippen LogP contribution is -2.52. The summed E-state index contributed by atoms with van der Waals surface area (Å²) in [4.78, 5) is 27.5. The third-order valence-electron chi connectivity index (χ3n) is 5.42. The van der Waals surface area contributed by atoms with Crippen LogP contribution in [0.3, 0.4) is 0 Å². The minimum atomic E-state index is -0.548. The highest BCUT2D eigenvalue weighted by molar-refractivity contribution is 9.10. The van der Waals surface area contributed by atoms with Crippen LogP contribution in [0.1, 0.15) is 49.9 Å². The van der Waals surface area contributed by atoms with Gasteiger partial charge in [0.2, 0.25) is 5.91 Å². The Morgan fingerprint density at radius 2 is 1.91 bits per heavy atom. The van der Waals surface area contributed by atoms with E-state index in [0.717, 1.165) is 38.9 Å². The number of hydrogen-bond acceptors (Lipinski definition) is 6. The van der Waals surface area contributed by atoms with E-state index < -0.39 is 7.12 Å². The second-order valence-corrected chi connectivity index (χ2v) is 10.1. The fourth-order valence-electron chi connectivity index (χ4n) is 3.82. The molecule has 11 heteroatoms. The third kappa shape index (κ3) is 10.6. The van der Waals surface area contributed by atoms with Crippen LogP contribution in [-0.2, 0) is 14.1 Å². The minimum absolute atomic E-state index is 0.168. The first kappa shape index (κ1) is 29.1. The lowest BCUT2D eigenvalue weighted by atomic mass is 9.73. The SMILES string of the molecule is CC(C)C[C@H](NC(=O)CNC(=O)c1cc(Cl)ccc1Br)B1OCCCN(CCCO)CCCO1. The van der Waals surface area contributed by atoms with Crippen molar-refractivity contribution < 1.29 is 24.0 Å². The number of nitrogens with one attached hydrogen (secondary N) is 2. The van der Waals surface area contributed by atoms with Crippen molar-refractivity contribution in [2.24, 2.45) is 5.92 Å². The molecule has 0 radical (unpaired) electrons. The van der Waals surface area contributed by atoms with Gasteiger partial charge in [-0.3, -0.25) is 9.59 Å². The van der Waals surface area contributed by atoms with Gasteiger partial charge in [-0.1, -0.05) is 25.4 Å². The maximum absolute atomic E-state index is 12.7. The normalized spacial score (nSPS) is 16.8. The third-order valence-corrected chi connectivity index (χ3v) is 6.34. The number of amides is 2. The van der Waals surface area contributed by atoms with Gasteiger partial charge in [0.05, 0.1) is 18.0 Å². The van der Waals surface area contributed by atoms with E-state index in [1.165, 1.54) is 0 Å². The summed E-state index contributed by atoms with van der Waals surface area (Å²) in [5, 5.41) is 15.2. The molecule has 1 saturated heterocycles. The van der Waals surface area contributed by atoms with Gasteiger partial charge in [-0.2, -0.15) is 0 Å². The molecule has 1 aromatic rings. The highest BCUT2D eigenvalue weighted by Crippen LogP contribution is 2.21. The number of aliphatic hydroxyl groups excluding tert-OH is 1. The average molecular weight is 561 g/mol. The van der Waals surface area contributed by atoms with E-state index in [1.807, 2.05) is 0 Å². The molecule has 1 heterocycles. The lowest BCUT2D eigenvalue weighted by Gasteiger charge is -2.29. The highest BCUT2D eigenvalue weighted by atomic mass is 79.9. The van der Waals surface area contributed by atoms with Crippen molar-refractivity contribution in [3.05, 3.63) is 33.3 Å². The Morgan fingerprint density at radius 1 is 1.24 bits per heavy atom. The number of halogens is 2. The van der Waals surface area contributed by atoms with E-state index in [0.29, 0.717) is 40.6 Å². The number of nitrogens with zero attached hydrogens (tertiary/aromatic N) is 1. The van der Waals surface area contributed by atoms with Gasteiger partial charge < -0.3 is 29.9 Å². The summed E-state index contributed by atoms with van der Waals surface area (Å²) < 4.78 is 12.7. The molecule has 8 nitrogen and oxygen atoms in total. The molecule has 1 aliphatic heterocycles. The Kier molecular flexibility index (Phi) is 13.5. The summed E-state index contributed by atoms with van der Waals surface area (Å²) in [5.74, 6) is -0.704. The molecular weight excluding hydrogens is 524 g/mol. The fourth-order valence-corrected chi connectivity index (χ4v) is 4.42. The van der Waals surface area contributed by atoms with Crippen molar-refractivity contribution in [1.82, 2.24) is 15.5 Å². The Morgan fingerprint density at radius 3 is 2.53 bits per heavy atom. The molecule has 2 rings (SSSR count). The Balaban J connectivity index is 1.91. The van der Waals surface area contributed by atoms with E-state index in [2.05, 4.69) is 45.3 Å². The quantitative estimate of drug-likeness (QED) is 0.381.